The highest BCUT2D eigenvalue weighted by molar-refractivity contribution is 5.39. The molecule has 1 N–H and O–H groups in total. The van der Waals surface area contributed by atoms with Gasteiger partial charge in [-0.25, -0.2) is 0 Å². The zero-order valence-corrected chi connectivity index (χ0v) is 13.2. The number of hydrogen-bond acceptors (Lipinski definition) is 2. The molecule has 1 aromatic rings. The summed E-state index contributed by atoms with van der Waals surface area (Å²) in [7, 11) is 0. The summed E-state index contributed by atoms with van der Waals surface area (Å²) in [4.78, 5) is 0. The molecule has 2 heteroatoms. The fourth-order valence-corrected chi connectivity index (χ4v) is 3.31. The van der Waals surface area contributed by atoms with Crippen molar-refractivity contribution in [3.8, 4) is 0 Å². The van der Waals surface area contributed by atoms with E-state index < -0.39 is 0 Å². The molecule has 2 nitrogen and oxygen atoms in total. The summed E-state index contributed by atoms with van der Waals surface area (Å²) in [6.45, 7) is 8.45. The van der Waals surface area contributed by atoms with Gasteiger partial charge in [0.1, 0.15) is 0 Å². The molecule has 0 saturated heterocycles. The standard InChI is InChI=1S/C18H29NO/c1-4-11-19-17(18(5-2)20-6-3)13-15-12-14-9-7-8-10-16(14)15/h7-10,15,17-19H,4-6,11-13H2,1-3H3. The van der Waals surface area contributed by atoms with Gasteiger partial charge in [0.15, 0.2) is 0 Å². The Kier molecular flexibility index (Phi) is 6.06. The Morgan fingerprint density at radius 2 is 2.05 bits per heavy atom. The second-order valence-corrected chi connectivity index (χ2v) is 5.80. The van der Waals surface area contributed by atoms with Crippen molar-refractivity contribution >= 4 is 0 Å². The number of ether oxygens (including phenoxy) is 1. The van der Waals surface area contributed by atoms with Crippen molar-refractivity contribution in [2.45, 2.75) is 64.5 Å². The van der Waals surface area contributed by atoms with E-state index in [2.05, 4.69) is 50.4 Å². The normalized spacial score (nSPS) is 20.1. The van der Waals surface area contributed by atoms with Crippen molar-refractivity contribution in [3.63, 3.8) is 0 Å². The summed E-state index contributed by atoms with van der Waals surface area (Å²) in [5.41, 5.74) is 3.10. The lowest BCUT2D eigenvalue weighted by molar-refractivity contribution is 0.0272. The fraction of sp³-hybridized carbons (Fsp3) is 0.667. The van der Waals surface area contributed by atoms with Crippen molar-refractivity contribution in [2.75, 3.05) is 13.2 Å². The Bertz CT molecular complexity index is 404. The van der Waals surface area contributed by atoms with E-state index in [4.69, 9.17) is 4.74 Å². The topological polar surface area (TPSA) is 21.3 Å². The van der Waals surface area contributed by atoms with Gasteiger partial charge in [-0.3, -0.25) is 0 Å². The van der Waals surface area contributed by atoms with Gasteiger partial charge in [0.25, 0.3) is 0 Å². The highest BCUT2D eigenvalue weighted by atomic mass is 16.5. The fourth-order valence-electron chi connectivity index (χ4n) is 3.31. The molecule has 20 heavy (non-hydrogen) atoms. The van der Waals surface area contributed by atoms with Crippen LogP contribution >= 0.6 is 0 Å². The van der Waals surface area contributed by atoms with Crippen LogP contribution in [0.25, 0.3) is 0 Å². The molecule has 0 saturated carbocycles. The van der Waals surface area contributed by atoms with Crippen LogP contribution in [0.15, 0.2) is 24.3 Å². The van der Waals surface area contributed by atoms with Crippen LogP contribution in [0.3, 0.4) is 0 Å². The van der Waals surface area contributed by atoms with Crippen LogP contribution in [-0.2, 0) is 11.2 Å². The molecule has 1 aliphatic rings. The van der Waals surface area contributed by atoms with E-state index >= 15 is 0 Å². The smallest absolute Gasteiger partial charge is 0.0725 e. The van der Waals surface area contributed by atoms with E-state index in [1.165, 1.54) is 24.8 Å². The predicted octanol–water partition coefficient (Wildman–Crippen LogP) is 3.90. The summed E-state index contributed by atoms with van der Waals surface area (Å²) in [5.74, 6) is 0.718. The van der Waals surface area contributed by atoms with E-state index in [-0.39, 0.29) is 0 Å². The molecule has 0 heterocycles. The second-order valence-electron chi connectivity index (χ2n) is 5.80. The molecule has 1 aliphatic carbocycles. The Labute approximate surface area is 123 Å². The number of nitrogens with one attached hydrogen (secondary N) is 1. The molecule has 1 aromatic carbocycles. The van der Waals surface area contributed by atoms with E-state index in [0.717, 1.165) is 25.5 Å². The lowest BCUT2D eigenvalue weighted by Gasteiger charge is -2.36. The zero-order valence-electron chi connectivity index (χ0n) is 13.2. The van der Waals surface area contributed by atoms with Crippen LogP contribution in [0.5, 0.6) is 0 Å². The van der Waals surface area contributed by atoms with Crippen molar-refractivity contribution in [2.24, 2.45) is 0 Å². The van der Waals surface area contributed by atoms with E-state index in [9.17, 15) is 0 Å². The lowest BCUT2D eigenvalue weighted by Crippen LogP contribution is -2.43. The summed E-state index contributed by atoms with van der Waals surface area (Å²) >= 11 is 0. The summed E-state index contributed by atoms with van der Waals surface area (Å²) < 4.78 is 5.95. The number of fused-ring (bicyclic) bond motifs is 1. The third kappa shape index (κ3) is 3.62. The van der Waals surface area contributed by atoms with Crippen molar-refractivity contribution in [1.29, 1.82) is 0 Å². The van der Waals surface area contributed by atoms with Gasteiger partial charge in [0.2, 0.25) is 0 Å². The van der Waals surface area contributed by atoms with Crippen LogP contribution < -0.4 is 5.32 Å². The number of benzene rings is 1. The Morgan fingerprint density at radius 3 is 2.70 bits per heavy atom. The SMILES string of the molecule is CCCNC(CC1Cc2ccccc21)C(CC)OCC. The zero-order chi connectivity index (χ0) is 14.4. The molecule has 3 atom stereocenters. The molecule has 3 unspecified atom stereocenters. The molecule has 0 fully saturated rings. The third-order valence-corrected chi connectivity index (χ3v) is 4.39. The monoisotopic (exact) mass is 275 g/mol. The molecule has 112 valence electrons. The largest absolute Gasteiger partial charge is 0.377 e. The van der Waals surface area contributed by atoms with Crippen LogP contribution in [0.4, 0.5) is 0 Å². The van der Waals surface area contributed by atoms with E-state index in [1.807, 2.05) is 0 Å². The number of hydrogen-bond donors (Lipinski definition) is 1. The Morgan fingerprint density at radius 1 is 1.25 bits per heavy atom. The molecule has 0 amide bonds. The van der Waals surface area contributed by atoms with Crippen molar-refractivity contribution in [3.05, 3.63) is 35.4 Å². The third-order valence-electron chi connectivity index (χ3n) is 4.39. The van der Waals surface area contributed by atoms with E-state index in [1.54, 1.807) is 5.56 Å². The predicted molar refractivity (Wildman–Crippen MR) is 85.3 cm³/mol. The van der Waals surface area contributed by atoms with Gasteiger partial charge in [-0.15, -0.1) is 0 Å². The molecular formula is C18H29NO. The van der Waals surface area contributed by atoms with Gasteiger partial charge in [-0.05, 0) is 56.2 Å². The maximum absolute atomic E-state index is 5.95. The highest BCUT2D eigenvalue weighted by Gasteiger charge is 2.30. The van der Waals surface area contributed by atoms with Gasteiger partial charge in [0.05, 0.1) is 6.10 Å². The van der Waals surface area contributed by atoms with Gasteiger partial charge in [0, 0.05) is 12.6 Å². The van der Waals surface area contributed by atoms with Gasteiger partial charge in [-0.2, -0.15) is 0 Å². The maximum Gasteiger partial charge on any atom is 0.0725 e. The molecule has 0 aromatic heterocycles. The summed E-state index contributed by atoms with van der Waals surface area (Å²) in [6.07, 6.45) is 5.06. The molecule has 0 aliphatic heterocycles. The van der Waals surface area contributed by atoms with Crippen LogP contribution in [0.1, 0.15) is 57.1 Å². The minimum Gasteiger partial charge on any atom is -0.377 e. The molecule has 0 spiro atoms. The summed E-state index contributed by atoms with van der Waals surface area (Å²) in [6, 6.07) is 9.36. The van der Waals surface area contributed by atoms with Crippen LogP contribution in [0, 0.1) is 0 Å². The molecule has 0 radical (unpaired) electrons. The Balaban J connectivity index is 1.97. The highest BCUT2D eigenvalue weighted by Crippen LogP contribution is 2.38. The minimum atomic E-state index is 0.347. The van der Waals surface area contributed by atoms with Gasteiger partial charge < -0.3 is 10.1 Å². The molecule has 2 rings (SSSR count). The lowest BCUT2D eigenvalue weighted by atomic mass is 9.74. The van der Waals surface area contributed by atoms with E-state index in [0.29, 0.717) is 12.1 Å². The van der Waals surface area contributed by atoms with Crippen LogP contribution in [-0.4, -0.2) is 25.3 Å². The molecule has 0 bridgehead atoms. The molecular weight excluding hydrogens is 246 g/mol. The van der Waals surface area contributed by atoms with Crippen LogP contribution in [0.2, 0.25) is 0 Å². The number of rotatable bonds is 9. The average molecular weight is 275 g/mol. The quantitative estimate of drug-likeness (QED) is 0.738. The first-order valence-electron chi connectivity index (χ1n) is 8.22. The Hall–Kier alpha value is -0.860. The van der Waals surface area contributed by atoms with Crippen molar-refractivity contribution in [1.82, 2.24) is 5.32 Å². The van der Waals surface area contributed by atoms with Gasteiger partial charge >= 0.3 is 0 Å². The first-order valence-corrected chi connectivity index (χ1v) is 8.22. The van der Waals surface area contributed by atoms with Gasteiger partial charge in [-0.1, -0.05) is 38.1 Å². The first kappa shape index (κ1) is 15.5. The summed E-state index contributed by atoms with van der Waals surface area (Å²) in [5, 5.41) is 3.71. The maximum atomic E-state index is 5.95. The first-order chi connectivity index (χ1) is 9.80. The van der Waals surface area contributed by atoms with Crippen molar-refractivity contribution < 1.29 is 4.74 Å². The minimum absolute atomic E-state index is 0.347. The second kappa shape index (κ2) is 7.80. The average Bonchev–Trinajstić information content (AvgIpc) is 2.46.